The highest BCUT2D eigenvalue weighted by Gasteiger charge is 2.30. The van der Waals surface area contributed by atoms with Crippen molar-refractivity contribution in [3.8, 4) is 17.6 Å². The van der Waals surface area contributed by atoms with Crippen LogP contribution in [0.1, 0.15) is 17.5 Å². The number of ether oxygens (including phenoxy) is 2. The molecule has 5 nitrogen and oxygen atoms in total. The molecule has 0 saturated heterocycles. The Morgan fingerprint density at radius 1 is 1.15 bits per heavy atom. The first-order chi connectivity index (χ1) is 12.4. The van der Waals surface area contributed by atoms with Crippen LogP contribution in [0.15, 0.2) is 47.4 Å². The van der Waals surface area contributed by atoms with Gasteiger partial charge in [0.15, 0.2) is 5.60 Å². The van der Waals surface area contributed by atoms with E-state index < -0.39 is 16.4 Å². The summed E-state index contributed by atoms with van der Waals surface area (Å²) < 4.78 is 23.1. The van der Waals surface area contributed by atoms with Gasteiger partial charge in [0.1, 0.15) is 11.5 Å². The Kier molecular flexibility index (Phi) is 6.78. The molecule has 0 aliphatic carbocycles. The second-order valence-electron chi connectivity index (χ2n) is 6.12. The van der Waals surface area contributed by atoms with Crippen molar-refractivity contribution >= 4 is 10.8 Å². The van der Waals surface area contributed by atoms with E-state index >= 15 is 0 Å². The third-order valence-corrected chi connectivity index (χ3v) is 5.70. The van der Waals surface area contributed by atoms with Gasteiger partial charge in [-0.15, -0.1) is 0 Å². The van der Waals surface area contributed by atoms with Crippen LogP contribution in [0.5, 0.6) is 11.5 Å². The maximum absolute atomic E-state index is 12.5. The average molecular weight is 373 g/mol. The van der Waals surface area contributed by atoms with Crippen LogP contribution in [0.2, 0.25) is 0 Å². The fourth-order valence-electron chi connectivity index (χ4n) is 2.57. The number of methoxy groups -OCH3 is 2. The number of rotatable bonds is 8. The lowest BCUT2D eigenvalue weighted by atomic mass is 9.97. The monoisotopic (exact) mass is 373 g/mol. The smallest absolute Gasteiger partial charge is 0.163 e. The summed E-state index contributed by atoms with van der Waals surface area (Å²) in [5.41, 5.74) is 0.192. The van der Waals surface area contributed by atoms with E-state index in [1.165, 1.54) is 0 Å². The molecule has 0 heterocycles. The van der Waals surface area contributed by atoms with Crippen LogP contribution in [0.25, 0.3) is 0 Å². The molecule has 0 fully saturated rings. The predicted octanol–water partition coefficient (Wildman–Crippen LogP) is 3.01. The van der Waals surface area contributed by atoms with Crippen molar-refractivity contribution in [1.82, 2.24) is 0 Å². The summed E-state index contributed by atoms with van der Waals surface area (Å²) in [7, 11) is 1.67. The second kappa shape index (κ2) is 8.84. The average Bonchev–Trinajstić information content (AvgIpc) is 2.66. The summed E-state index contributed by atoms with van der Waals surface area (Å²) in [6.07, 6.45) is 0.542. The van der Waals surface area contributed by atoms with Gasteiger partial charge in [-0.25, -0.2) is 0 Å². The molecular weight excluding hydrogens is 350 g/mol. The quantitative estimate of drug-likeness (QED) is 0.720. The lowest BCUT2D eigenvalue weighted by molar-refractivity contribution is 0.114. The van der Waals surface area contributed by atoms with E-state index in [1.807, 2.05) is 31.2 Å². The standard InChI is InChI=1S/C20H23NO4S/c1-15-4-7-18(8-5-15)26(23)14-20(22,13-21)11-10-16-12-17(24-2)6-9-19(16)25-3/h4-9,12,22H,10-11,14H2,1-3H3/t20-,26?/m1/s1. The van der Waals surface area contributed by atoms with Crippen molar-refractivity contribution < 1.29 is 18.8 Å². The molecule has 2 aromatic rings. The Morgan fingerprint density at radius 2 is 1.85 bits per heavy atom. The molecule has 0 aliphatic rings. The molecule has 0 radical (unpaired) electrons. The molecular formula is C20H23NO4S. The molecule has 0 aliphatic heterocycles. The van der Waals surface area contributed by atoms with E-state index in [1.54, 1.807) is 38.5 Å². The van der Waals surface area contributed by atoms with Gasteiger partial charge in [0.2, 0.25) is 0 Å². The zero-order valence-electron chi connectivity index (χ0n) is 15.2. The first-order valence-electron chi connectivity index (χ1n) is 8.20. The van der Waals surface area contributed by atoms with Gasteiger partial charge in [-0.05, 0) is 55.7 Å². The van der Waals surface area contributed by atoms with Gasteiger partial charge in [0.25, 0.3) is 0 Å². The Morgan fingerprint density at radius 3 is 2.42 bits per heavy atom. The van der Waals surface area contributed by atoms with Crippen LogP contribution in [0.3, 0.4) is 0 Å². The van der Waals surface area contributed by atoms with Crippen LogP contribution < -0.4 is 9.47 Å². The summed E-state index contributed by atoms with van der Waals surface area (Å²) in [6, 6.07) is 14.5. The number of aliphatic hydroxyl groups is 1. The van der Waals surface area contributed by atoms with Crippen molar-refractivity contribution in [3.63, 3.8) is 0 Å². The largest absolute Gasteiger partial charge is 0.497 e. The Balaban J connectivity index is 2.11. The normalized spacial score (nSPS) is 14.1. The van der Waals surface area contributed by atoms with E-state index in [0.29, 0.717) is 22.8 Å². The molecule has 0 aromatic heterocycles. The van der Waals surface area contributed by atoms with Gasteiger partial charge in [0, 0.05) is 4.90 Å². The fourth-order valence-corrected chi connectivity index (χ4v) is 3.82. The molecule has 138 valence electrons. The van der Waals surface area contributed by atoms with Gasteiger partial charge in [0.05, 0.1) is 36.8 Å². The van der Waals surface area contributed by atoms with E-state index in [4.69, 9.17) is 9.47 Å². The summed E-state index contributed by atoms with van der Waals surface area (Å²) in [5.74, 6) is 1.19. The Labute approximate surface area is 156 Å². The van der Waals surface area contributed by atoms with Crippen LogP contribution in [0, 0.1) is 18.3 Å². The van der Waals surface area contributed by atoms with E-state index in [2.05, 4.69) is 0 Å². The Bertz CT molecular complexity index is 814. The second-order valence-corrected chi connectivity index (χ2v) is 7.58. The number of hydrogen-bond donors (Lipinski definition) is 1. The van der Waals surface area contributed by atoms with E-state index in [9.17, 15) is 14.6 Å². The third kappa shape index (κ3) is 5.07. The van der Waals surface area contributed by atoms with E-state index in [0.717, 1.165) is 11.1 Å². The lowest BCUT2D eigenvalue weighted by Crippen LogP contribution is -2.34. The summed E-state index contributed by atoms with van der Waals surface area (Å²) in [6.45, 7) is 1.94. The molecule has 0 spiro atoms. The van der Waals surface area contributed by atoms with Crippen molar-refractivity contribution in [1.29, 1.82) is 5.26 Å². The first kappa shape index (κ1) is 20.0. The first-order valence-corrected chi connectivity index (χ1v) is 9.52. The SMILES string of the molecule is COc1ccc(OC)c(CC[C@@](O)(C#N)CS(=O)c2ccc(C)cc2)c1. The molecule has 0 saturated carbocycles. The number of nitriles is 1. The number of nitrogens with zero attached hydrogens (tertiary/aromatic N) is 1. The molecule has 26 heavy (non-hydrogen) atoms. The van der Waals surface area contributed by atoms with Gasteiger partial charge < -0.3 is 14.6 Å². The maximum Gasteiger partial charge on any atom is 0.163 e. The van der Waals surface area contributed by atoms with Crippen molar-refractivity contribution in [3.05, 3.63) is 53.6 Å². The number of aryl methyl sites for hydroxylation is 2. The minimum atomic E-state index is -1.69. The molecule has 0 bridgehead atoms. The van der Waals surface area contributed by atoms with Crippen LogP contribution in [-0.4, -0.2) is 34.9 Å². The molecule has 2 aromatic carbocycles. The molecule has 1 unspecified atom stereocenters. The van der Waals surface area contributed by atoms with Gasteiger partial charge in [-0.3, -0.25) is 4.21 Å². The summed E-state index contributed by atoms with van der Waals surface area (Å²) in [5, 5.41) is 20.1. The Hall–Kier alpha value is -2.36. The predicted molar refractivity (Wildman–Crippen MR) is 101 cm³/mol. The van der Waals surface area contributed by atoms with Crippen LogP contribution >= 0.6 is 0 Å². The molecule has 2 atom stereocenters. The molecule has 2 rings (SSSR count). The van der Waals surface area contributed by atoms with Crippen LogP contribution in [-0.2, 0) is 17.2 Å². The van der Waals surface area contributed by atoms with Gasteiger partial charge in [-0.2, -0.15) is 5.26 Å². The van der Waals surface area contributed by atoms with E-state index in [-0.39, 0.29) is 12.2 Å². The maximum atomic E-state index is 12.5. The highest BCUT2D eigenvalue weighted by atomic mass is 32.2. The number of benzene rings is 2. The zero-order chi connectivity index (χ0) is 19.2. The lowest BCUT2D eigenvalue weighted by Gasteiger charge is -2.20. The minimum absolute atomic E-state index is 0.140. The fraction of sp³-hybridized carbons (Fsp3) is 0.350. The highest BCUT2D eigenvalue weighted by molar-refractivity contribution is 7.85. The van der Waals surface area contributed by atoms with Gasteiger partial charge in [-0.1, -0.05) is 17.7 Å². The zero-order valence-corrected chi connectivity index (χ0v) is 16.0. The highest BCUT2D eigenvalue weighted by Crippen LogP contribution is 2.27. The van der Waals surface area contributed by atoms with Crippen LogP contribution in [0.4, 0.5) is 0 Å². The summed E-state index contributed by atoms with van der Waals surface area (Å²) in [4.78, 5) is 0.600. The third-order valence-electron chi connectivity index (χ3n) is 4.16. The number of hydrogen-bond acceptors (Lipinski definition) is 5. The van der Waals surface area contributed by atoms with Crippen molar-refractivity contribution in [2.75, 3.05) is 20.0 Å². The molecule has 0 amide bonds. The van der Waals surface area contributed by atoms with Crippen molar-refractivity contribution in [2.45, 2.75) is 30.3 Å². The summed E-state index contributed by atoms with van der Waals surface area (Å²) >= 11 is 0. The van der Waals surface area contributed by atoms with Gasteiger partial charge >= 0.3 is 0 Å². The minimum Gasteiger partial charge on any atom is -0.497 e. The topological polar surface area (TPSA) is 79.5 Å². The van der Waals surface area contributed by atoms with Crippen molar-refractivity contribution in [2.24, 2.45) is 0 Å². The molecule has 1 N–H and O–H groups in total. The molecule has 6 heteroatoms.